The molecule has 1 aliphatic rings. The van der Waals surface area contributed by atoms with Crippen LogP contribution in [-0.4, -0.2) is 30.6 Å². The van der Waals surface area contributed by atoms with Crippen molar-refractivity contribution in [2.75, 3.05) is 24.6 Å². The topological polar surface area (TPSA) is 73.3 Å². The third kappa shape index (κ3) is 2.84. The number of aliphatic hydroxyl groups excluding tert-OH is 1. The molecule has 1 saturated heterocycles. The Hall–Kier alpha value is -1.07. The fourth-order valence-corrected chi connectivity index (χ4v) is 2.92. The molecule has 2 rings (SSSR count). The summed E-state index contributed by atoms with van der Waals surface area (Å²) < 4.78 is 0.970. The fourth-order valence-electron chi connectivity index (χ4n) is 2.29. The molecule has 0 amide bonds. The normalized spacial score (nSPS) is 16.9. The van der Waals surface area contributed by atoms with Gasteiger partial charge in [-0.2, -0.15) is 0 Å². The van der Waals surface area contributed by atoms with Crippen LogP contribution in [-0.2, 0) is 0 Å². The second-order valence-electron chi connectivity index (χ2n) is 4.69. The molecule has 0 unspecified atom stereocenters. The quantitative estimate of drug-likeness (QED) is 0.590. The lowest BCUT2D eigenvalue weighted by molar-refractivity contribution is 0.203. The molecule has 0 bridgehead atoms. The minimum absolute atomic E-state index is 0.0845. The van der Waals surface area contributed by atoms with Crippen LogP contribution in [0, 0.1) is 11.3 Å². The molecule has 18 heavy (non-hydrogen) atoms. The number of aliphatic hydroxyl groups is 1. The van der Waals surface area contributed by atoms with E-state index in [0.717, 1.165) is 41.7 Å². The summed E-state index contributed by atoms with van der Waals surface area (Å²) in [6, 6.07) is 5.76. The van der Waals surface area contributed by atoms with Gasteiger partial charge >= 0.3 is 0 Å². The highest BCUT2D eigenvalue weighted by atomic mass is 79.9. The molecule has 4 N–H and O–H groups in total. The Labute approximate surface area is 115 Å². The molecule has 1 fully saturated rings. The van der Waals surface area contributed by atoms with Gasteiger partial charge in [-0.25, -0.2) is 0 Å². The van der Waals surface area contributed by atoms with Crippen LogP contribution in [0.15, 0.2) is 22.7 Å². The molecular weight excluding hydrogens is 294 g/mol. The number of nitrogens with one attached hydrogen (secondary N) is 1. The number of piperidine rings is 1. The van der Waals surface area contributed by atoms with Gasteiger partial charge in [-0.1, -0.05) is 0 Å². The molecule has 1 aromatic rings. The van der Waals surface area contributed by atoms with Crippen molar-refractivity contribution >= 4 is 27.5 Å². The summed E-state index contributed by atoms with van der Waals surface area (Å²) in [5.41, 5.74) is 7.34. The Bertz CT molecular complexity index is 442. The van der Waals surface area contributed by atoms with Crippen LogP contribution in [0.3, 0.4) is 0 Å². The summed E-state index contributed by atoms with van der Waals surface area (Å²) in [6.07, 6.45) is 2.05. The van der Waals surface area contributed by atoms with Crippen molar-refractivity contribution in [3.63, 3.8) is 0 Å². The maximum absolute atomic E-state index is 9.13. The zero-order valence-electron chi connectivity index (χ0n) is 10.2. The molecule has 1 heterocycles. The smallest absolute Gasteiger partial charge is 0.122 e. The number of nitrogens with two attached hydrogens (primary N) is 1. The van der Waals surface area contributed by atoms with Crippen LogP contribution in [0.2, 0.25) is 0 Å². The largest absolute Gasteiger partial charge is 0.396 e. The van der Waals surface area contributed by atoms with Gasteiger partial charge < -0.3 is 15.7 Å². The van der Waals surface area contributed by atoms with Crippen molar-refractivity contribution in [3.05, 3.63) is 28.2 Å². The Morgan fingerprint density at radius 2 is 2.11 bits per heavy atom. The number of anilines is 1. The van der Waals surface area contributed by atoms with Crippen LogP contribution in [0.25, 0.3) is 0 Å². The van der Waals surface area contributed by atoms with Crippen molar-refractivity contribution in [3.8, 4) is 0 Å². The van der Waals surface area contributed by atoms with E-state index in [9.17, 15) is 0 Å². The zero-order chi connectivity index (χ0) is 13.1. The lowest BCUT2D eigenvalue weighted by atomic mass is 9.97. The van der Waals surface area contributed by atoms with E-state index in [4.69, 9.17) is 16.2 Å². The van der Waals surface area contributed by atoms with Gasteiger partial charge in [0, 0.05) is 29.7 Å². The molecular formula is C13H18BrN3O. The van der Waals surface area contributed by atoms with Crippen molar-refractivity contribution in [1.29, 1.82) is 5.41 Å². The van der Waals surface area contributed by atoms with E-state index < -0.39 is 0 Å². The monoisotopic (exact) mass is 311 g/mol. The number of hydrogen-bond acceptors (Lipinski definition) is 3. The third-order valence-corrected chi connectivity index (χ3v) is 4.11. The number of amidine groups is 1. The first-order chi connectivity index (χ1) is 8.61. The molecule has 1 aromatic carbocycles. The molecule has 98 valence electrons. The SMILES string of the molecule is N=C(N)c1ccc(N2CCC(CO)CC2)c(Br)c1. The summed E-state index contributed by atoms with van der Waals surface area (Å²) in [5.74, 6) is 0.526. The molecule has 1 aliphatic heterocycles. The summed E-state index contributed by atoms with van der Waals surface area (Å²) >= 11 is 3.54. The highest BCUT2D eigenvalue weighted by Crippen LogP contribution is 2.30. The third-order valence-electron chi connectivity index (χ3n) is 3.47. The fraction of sp³-hybridized carbons (Fsp3) is 0.462. The molecule has 0 radical (unpaired) electrons. The maximum Gasteiger partial charge on any atom is 0.122 e. The summed E-state index contributed by atoms with van der Waals surface area (Å²) in [5, 5.41) is 16.5. The molecule has 0 atom stereocenters. The average Bonchev–Trinajstić information content (AvgIpc) is 2.38. The first-order valence-electron chi connectivity index (χ1n) is 6.11. The maximum atomic E-state index is 9.13. The Kier molecular flexibility index (Phi) is 4.24. The predicted octanol–water partition coefficient (Wildman–Crippen LogP) is 1.94. The van der Waals surface area contributed by atoms with Crippen molar-refractivity contribution in [2.45, 2.75) is 12.8 Å². The van der Waals surface area contributed by atoms with Crippen LogP contribution >= 0.6 is 15.9 Å². The van der Waals surface area contributed by atoms with Gasteiger partial charge in [-0.15, -0.1) is 0 Å². The van der Waals surface area contributed by atoms with Crippen LogP contribution in [0.4, 0.5) is 5.69 Å². The zero-order valence-corrected chi connectivity index (χ0v) is 11.8. The van der Waals surface area contributed by atoms with E-state index in [0.29, 0.717) is 5.92 Å². The lowest BCUT2D eigenvalue weighted by Gasteiger charge is -2.33. The Morgan fingerprint density at radius 3 is 2.61 bits per heavy atom. The first kappa shape index (κ1) is 13.4. The van der Waals surface area contributed by atoms with Crippen LogP contribution < -0.4 is 10.6 Å². The summed E-state index contributed by atoms with van der Waals surface area (Å²) in [7, 11) is 0. The summed E-state index contributed by atoms with van der Waals surface area (Å²) in [6.45, 7) is 2.21. The number of nitrogens with zero attached hydrogens (tertiary/aromatic N) is 1. The second-order valence-corrected chi connectivity index (χ2v) is 5.55. The van der Waals surface area contributed by atoms with E-state index in [-0.39, 0.29) is 12.4 Å². The second kappa shape index (κ2) is 5.71. The van der Waals surface area contributed by atoms with Crippen molar-refractivity contribution < 1.29 is 5.11 Å². The number of nitrogen functional groups attached to an aromatic ring is 1. The average molecular weight is 312 g/mol. The van der Waals surface area contributed by atoms with E-state index in [1.807, 2.05) is 18.2 Å². The van der Waals surface area contributed by atoms with Gasteiger partial charge in [0.15, 0.2) is 0 Å². The van der Waals surface area contributed by atoms with Crippen molar-refractivity contribution in [1.82, 2.24) is 0 Å². The van der Waals surface area contributed by atoms with Crippen LogP contribution in [0.1, 0.15) is 18.4 Å². The molecule has 0 aliphatic carbocycles. The highest BCUT2D eigenvalue weighted by Gasteiger charge is 2.20. The van der Waals surface area contributed by atoms with Gasteiger partial charge in [0.05, 0.1) is 5.69 Å². The van der Waals surface area contributed by atoms with Crippen LogP contribution in [0.5, 0.6) is 0 Å². The van der Waals surface area contributed by atoms with E-state index in [2.05, 4.69) is 20.8 Å². The predicted molar refractivity (Wildman–Crippen MR) is 77.2 cm³/mol. The Morgan fingerprint density at radius 1 is 1.44 bits per heavy atom. The molecule has 5 heteroatoms. The van der Waals surface area contributed by atoms with Gasteiger partial charge in [0.2, 0.25) is 0 Å². The molecule has 0 spiro atoms. The van der Waals surface area contributed by atoms with Gasteiger partial charge in [-0.3, -0.25) is 5.41 Å². The molecule has 4 nitrogen and oxygen atoms in total. The number of rotatable bonds is 3. The number of benzene rings is 1. The van der Waals surface area contributed by atoms with Gasteiger partial charge in [0.25, 0.3) is 0 Å². The minimum atomic E-state index is 0.0845. The van der Waals surface area contributed by atoms with Gasteiger partial charge in [-0.05, 0) is 52.9 Å². The molecule has 0 aromatic heterocycles. The van der Waals surface area contributed by atoms with E-state index in [1.165, 1.54) is 0 Å². The van der Waals surface area contributed by atoms with Crippen molar-refractivity contribution in [2.24, 2.45) is 11.7 Å². The number of hydrogen-bond donors (Lipinski definition) is 3. The standard InChI is InChI=1S/C13H18BrN3O/c14-11-7-10(13(15)16)1-2-12(11)17-5-3-9(8-18)4-6-17/h1-2,7,9,18H,3-6,8H2,(H3,15,16). The minimum Gasteiger partial charge on any atom is -0.396 e. The summed E-state index contributed by atoms with van der Waals surface area (Å²) in [4.78, 5) is 2.31. The first-order valence-corrected chi connectivity index (χ1v) is 6.91. The lowest BCUT2D eigenvalue weighted by Crippen LogP contribution is -2.35. The Balaban J connectivity index is 2.12. The molecule has 0 saturated carbocycles. The van der Waals surface area contributed by atoms with E-state index >= 15 is 0 Å². The van der Waals surface area contributed by atoms with Gasteiger partial charge in [0.1, 0.15) is 5.84 Å². The van der Waals surface area contributed by atoms with E-state index in [1.54, 1.807) is 0 Å². The highest BCUT2D eigenvalue weighted by molar-refractivity contribution is 9.10. The number of halogens is 1.